The average Bonchev–Trinajstić information content (AvgIpc) is 2.44. The monoisotopic (exact) mass is 320 g/mol. The molecule has 5 nitrogen and oxygen atoms in total. The molecule has 3 unspecified atom stereocenters. The van der Waals surface area contributed by atoms with Crippen LogP contribution in [0, 0.1) is 0 Å². The molecule has 7 heteroatoms. The lowest BCUT2D eigenvalue weighted by molar-refractivity contribution is 0.0363. The third-order valence-electron chi connectivity index (χ3n) is 2.97. The molecular formula is C13H20O5S2. The fourth-order valence-electron chi connectivity index (χ4n) is 1.89. The first kappa shape index (κ1) is 17.4. The van der Waals surface area contributed by atoms with Crippen LogP contribution < -0.4 is 0 Å². The van der Waals surface area contributed by atoms with Gasteiger partial charge in [0, 0.05) is 13.5 Å². The molecular weight excluding hydrogens is 300 g/mol. The SMILES string of the molecule is COC1CCC(OC(=O)SC)/C=C/C(OC(=O)SC)C1. The van der Waals surface area contributed by atoms with E-state index < -0.39 is 0 Å². The van der Waals surface area contributed by atoms with Crippen LogP contribution in [0.5, 0.6) is 0 Å². The van der Waals surface area contributed by atoms with E-state index in [2.05, 4.69) is 0 Å². The van der Waals surface area contributed by atoms with Gasteiger partial charge in [0.2, 0.25) is 0 Å². The Morgan fingerprint density at radius 3 is 2.10 bits per heavy atom. The van der Waals surface area contributed by atoms with Crippen molar-refractivity contribution < 1.29 is 23.8 Å². The van der Waals surface area contributed by atoms with Crippen molar-refractivity contribution in [3.8, 4) is 0 Å². The van der Waals surface area contributed by atoms with Gasteiger partial charge >= 0.3 is 10.6 Å². The van der Waals surface area contributed by atoms with E-state index in [-0.39, 0.29) is 28.9 Å². The van der Waals surface area contributed by atoms with Crippen molar-refractivity contribution in [3.05, 3.63) is 12.2 Å². The van der Waals surface area contributed by atoms with Crippen LogP contribution in [0.2, 0.25) is 0 Å². The molecule has 3 atom stereocenters. The topological polar surface area (TPSA) is 61.8 Å². The number of thioether (sulfide) groups is 2. The van der Waals surface area contributed by atoms with Gasteiger partial charge in [-0.1, -0.05) is 0 Å². The number of carbonyl (C=O) groups is 2. The zero-order valence-corrected chi connectivity index (χ0v) is 13.5. The van der Waals surface area contributed by atoms with Crippen molar-refractivity contribution in [1.29, 1.82) is 0 Å². The van der Waals surface area contributed by atoms with Crippen LogP contribution in [0.25, 0.3) is 0 Å². The highest BCUT2D eigenvalue weighted by Gasteiger charge is 2.23. The molecule has 0 aromatic heterocycles. The second-order valence-corrected chi connectivity index (χ2v) is 5.76. The van der Waals surface area contributed by atoms with Crippen molar-refractivity contribution in [2.45, 2.75) is 37.6 Å². The highest BCUT2D eigenvalue weighted by molar-refractivity contribution is 8.12. The third kappa shape index (κ3) is 6.19. The molecule has 0 amide bonds. The van der Waals surface area contributed by atoms with Gasteiger partial charge in [-0.3, -0.25) is 0 Å². The van der Waals surface area contributed by atoms with Crippen molar-refractivity contribution in [1.82, 2.24) is 0 Å². The average molecular weight is 320 g/mol. The van der Waals surface area contributed by atoms with E-state index in [0.29, 0.717) is 12.8 Å². The fourth-order valence-corrected chi connectivity index (χ4v) is 2.33. The normalized spacial score (nSPS) is 28.1. The molecule has 0 bridgehead atoms. The predicted molar refractivity (Wildman–Crippen MR) is 81.4 cm³/mol. The van der Waals surface area contributed by atoms with Gasteiger partial charge in [0.15, 0.2) is 0 Å². The molecule has 0 aromatic rings. The smallest absolute Gasteiger partial charge is 0.367 e. The Balaban J connectivity index is 2.69. The Morgan fingerprint density at radius 2 is 1.55 bits per heavy atom. The molecule has 0 aliphatic heterocycles. The summed E-state index contributed by atoms with van der Waals surface area (Å²) in [6, 6.07) is 0. The molecule has 0 heterocycles. The first-order chi connectivity index (χ1) is 9.58. The standard InChI is InChI=1S/C13H20O5S2/c1-16-10-6-4-9(17-12(14)19-2)5-7-11(8-10)18-13(15)20-3/h5,7,9-11H,4,6,8H2,1-3H3/b7-5+. The van der Waals surface area contributed by atoms with Gasteiger partial charge in [-0.15, -0.1) is 0 Å². The van der Waals surface area contributed by atoms with Crippen LogP contribution in [0.1, 0.15) is 19.3 Å². The number of ether oxygens (including phenoxy) is 3. The van der Waals surface area contributed by atoms with Crippen LogP contribution in [-0.2, 0) is 14.2 Å². The molecule has 0 saturated heterocycles. The number of methoxy groups -OCH3 is 1. The second-order valence-electron chi connectivity index (χ2n) is 4.28. The number of carbonyl (C=O) groups excluding carboxylic acids is 2. The predicted octanol–water partition coefficient (Wildman–Crippen LogP) is 3.48. The molecule has 114 valence electrons. The maximum absolute atomic E-state index is 11.4. The van der Waals surface area contributed by atoms with Crippen molar-refractivity contribution >= 4 is 34.1 Å². The Morgan fingerprint density at radius 1 is 1.00 bits per heavy atom. The minimum atomic E-state index is -0.351. The Labute approximate surface area is 127 Å². The molecule has 0 radical (unpaired) electrons. The maximum Gasteiger partial charge on any atom is 0.367 e. The van der Waals surface area contributed by atoms with Crippen LogP contribution in [0.3, 0.4) is 0 Å². The molecule has 0 saturated carbocycles. The minimum absolute atomic E-state index is 0.0184. The third-order valence-corrected chi connectivity index (χ3v) is 3.83. The second kappa shape index (κ2) is 9.31. The molecule has 1 rings (SSSR count). The molecule has 1 aliphatic carbocycles. The molecule has 20 heavy (non-hydrogen) atoms. The van der Waals surface area contributed by atoms with Gasteiger partial charge in [-0.2, -0.15) is 0 Å². The number of rotatable bonds is 3. The van der Waals surface area contributed by atoms with E-state index in [1.807, 2.05) is 0 Å². The van der Waals surface area contributed by atoms with E-state index in [4.69, 9.17) is 14.2 Å². The van der Waals surface area contributed by atoms with Crippen LogP contribution in [-0.4, -0.2) is 48.5 Å². The zero-order chi connectivity index (χ0) is 15.0. The summed E-state index contributed by atoms with van der Waals surface area (Å²) >= 11 is 2.07. The van der Waals surface area contributed by atoms with Gasteiger partial charge in [-0.25, -0.2) is 9.59 Å². The van der Waals surface area contributed by atoms with E-state index in [1.165, 1.54) is 0 Å². The summed E-state index contributed by atoms with van der Waals surface area (Å²) in [6.45, 7) is 0. The summed E-state index contributed by atoms with van der Waals surface area (Å²) in [5.41, 5.74) is 0. The summed E-state index contributed by atoms with van der Waals surface area (Å²) in [4.78, 5) is 22.7. The lowest BCUT2D eigenvalue weighted by Crippen LogP contribution is -2.27. The summed E-state index contributed by atoms with van der Waals surface area (Å²) < 4.78 is 16.0. The van der Waals surface area contributed by atoms with Gasteiger partial charge in [0.25, 0.3) is 0 Å². The Kier molecular flexibility index (Phi) is 8.09. The number of hydrogen-bond donors (Lipinski definition) is 0. The quantitative estimate of drug-likeness (QED) is 0.582. The minimum Gasteiger partial charge on any atom is -0.450 e. The molecule has 0 aromatic carbocycles. The van der Waals surface area contributed by atoms with Crippen molar-refractivity contribution in [2.24, 2.45) is 0 Å². The first-order valence-electron chi connectivity index (χ1n) is 6.29. The first-order valence-corrected chi connectivity index (χ1v) is 8.74. The van der Waals surface area contributed by atoms with Gasteiger partial charge in [-0.05, 0) is 61.0 Å². The highest BCUT2D eigenvalue weighted by atomic mass is 32.2. The number of hydrogen-bond acceptors (Lipinski definition) is 7. The summed E-state index contributed by atoms with van der Waals surface area (Å²) in [5.74, 6) is 0. The van der Waals surface area contributed by atoms with E-state index >= 15 is 0 Å². The van der Waals surface area contributed by atoms with Crippen LogP contribution in [0.4, 0.5) is 9.59 Å². The fraction of sp³-hybridized carbons (Fsp3) is 0.692. The Hall–Kier alpha value is -0.660. The van der Waals surface area contributed by atoms with Crippen molar-refractivity contribution in [2.75, 3.05) is 19.6 Å². The zero-order valence-electron chi connectivity index (χ0n) is 11.9. The van der Waals surface area contributed by atoms with E-state index in [1.54, 1.807) is 31.8 Å². The molecule has 0 spiro atoms. The molecule has 0 N–H and O–H groups in total. The summed E-state index contributed by atoms with van der Waals surface area (Å²) in [5, 5.41) is -0.639. The summed E-state index contributed by atoms with van der Waals surface area (Å²) in [6.07, 6.45) is 8.31. The summed E-state index contributed by atoms with van der Waals surface area (Å²) in [7, 11) is 1.63. The Bertz CT molecular complexity index is 359. The van der Waals surface area contributed by atoms with Crippen LogP contribution >= 0.6 is 23.5 Å². The lowest BCUT2D eigenvalue weighted by atomic mass is 9.99. The van der Waals surface area contributed by atoms with E-state index in [9.17, 15) is 9.59 Å². The van der Waals surface area contributed by atoms with Crippen molar-refractivity contribution in [3.63, 3.8) is 0 Å². The van der Waals surface area contributed by atoms with Gasteiger partial charge in [0.1, 0.15) is 12.2 Å². The van der Waals surface area contributed by atoms with Gasteiger partial charge in [0.05, 0.1) is 6.10 Å². The molecule has 1 aliphatic rings. The molecule has 0 fully saturated rings. The highest BCUT2D eigenvalue weighted by Crippen LogP contribution is 2.21. The van der Waals surface area contributed by atoms with Gasteiger partial charge < -0.3 is 14.2 Å². The van der Waals surface area contributed by atoms with E-state index in [0.717, 1.165) is 29.9 Å². The van der Waals surface area contributed by atoms with Crippen LogP contribution in [0.15, 0.2) is 12.2 Å². The maximum atomic E-state index is 11.4. The lowest BCUT2D eigenvalue weighted by Gasteiger charge is -2.25. The largest absolute Gasteiger partial charge is 0.450 e.